The Morgan fingerprint density at radius 1 is 1.50 bits per heavy atom. The third-order valence-electron chi connectivity index (χ3n) is 2.85. The summed E-state index contributed by atoms with van der Waals surface area (Å²) in [6.45, 7) is 4.50. The van der Waals surface area contributed by atoms with Crippen molar-refractivity contribution in [3.05, 3.63) is 34.6 Å². The number of ketones is 1. The molecule has 2 heterocycles. The Kier molecular flexibility index (Phi) is 3.52. The number of halogens is 1. The molecule has 0 aromatic carbocycles. The molecule has 0 unspecified atom stereocenters. The second-order valence-electron chi connectivity index (χ2n) is 4.12. The van der Waals surface area contributed by atoms with E-state index in [1.54, 1.807) is 28.7 Å². The summed E-state index contributed by atoms with van der Waals surface area (Å²) in [5.74, 6) is 0.381. The number of rotatable bonds is 4. The highest BCUT2D eigenvalue weighted by atomic mass is 35.5. The van der Waals surface area contributed by atoms with Gasteiger partial charge in [-0.25, -0.2) is 4.98 Å². The van der Waals surface area contributed by atoms with Gasteiger partial charge in [0, 0.05) is 26.0 Å². The van der Waals surface area contributed by atoms with Crippen molar-refractivity contribution in [2.45, 2.75) is 26.8 Å². The lowest BCUT2D eigenvalue weighted by Crippen LogP contribution is -2.13. The summed E-state index contributed by atoms with van der Waals surface area (Å²) in [6.07, 6.45) is 3.58. The largest absolute Gasteiger partial charge is 0.332 e. The Bertz CT molecular complexity index is 585. The van der Waals surface area contributed by atoms with Crippen LogP contribution in [0.1, 0.15) is 28.9 Å². The zero-order chi connectivity index (χ0) is 13.3. The molecule has 6 heteroatoms. The average molecular weight is 267 g/mol. The van der Waals surface area contributed by atoms with Crippen molar-refractivity contribution in [1.82, 2.24) is 19.3 Å². The second kappa shape index (κ2) is 4.94. The summed E-state index contributed by atoms with van der Waals surface area (Å²) in [6, 6.07) is 0. The molecule has 0 N–H and O–H groups in total. The van der Waals surface area contributed by atoms with Crippen molar-refractivity contribution in [2.75, 3.05) is 0 Å². The van der Waals surface area contributed by atoms with Gasteiger partial charge in [0.25, 0.3) is 0 Å². The highest BCUT2D eigenvalue weighted by molar-refractivity contribution is 6.32. The van der Waals surface area contributed by atoms with Crippen LogP contribution in [0, 0.1) is 6.92 Å². The number of imidazole rings is 1. The van der Waals surface area contributed by atoms with Crippen LogP contribution in [-0.2, 0) is 20.0 Å². The fourth-order valence-corrected chi connectivity index (χ4v) is 2.11. The van der Waals surface area contributed by atoms with Crippen molar-refractivity contribution in [1.29, 1.82) is 0 Å². The van der Waals surface area contributed by atoms with Crippen LogP contribution in [0.5, 0.6) is 0 Å². The van der Waals surface area contributed by atoms with Crippen molar-refractivity contribution < 1.29 is 4.79 Å². The molecule has 0 aliphatic heterocycles. The summed E-state index contributed by atoms with van der Waals surface area (Å²) in [4.78, 5) is 16.2. The molecule has 0 radical (unpaired) electrons. The first kappa shape index (κ1) is 12.8. The molecule has 0 aliphatic carbocycles. The number of aryl methyl sites for hydroxylation is 3. The molecule has 5 nitrogen and oxygen atoms in total. The summed E-state index contributed by atoms with van der Waals surface area (Å²) in [5, 5.41) is 4.86. The Hall–Kier alpha value is -1.62. The SMILES string of the molecule is CCn1nc(C)c(Cl)c1CC(=O)c1nccn1C. The Morgan fingerprint density at radius 3 is 2.78 bits per heavy atom. The van der Waals surface area contributed by atoms with Crippen LogP contribution in [0.25, 0.3) is 0 Å². The molecular weight excluding hydrogens is 252 g/mol. The van der Waals surface area contributed by atoms with E-state index < -0.39 is 0 Å². The first-order valence-corrected chi connectivity index (χ1v) is 6.14. The Balaban J connectivity index is 2.30. The number of carbonyl (C=O) groups excluding carboxylic acids is 1. The van der Waals surface area contributed by atoms with E-state index in [0.717, 1.165) is 11.4 Å². The van der Waals surface area contributed by atoms with Gasteiger partial charge in [0.05, 0.1) is 22.8 Å². The summed E-state index contributed by atoms with van der Waals surface area (Å²) in [5.41, 5.74) is 1.51. The third-order valence-corrected chi connectivity index (χ3v) is 3.34. The standard InChI is InChI=1S/C12H15ClN4O/c1-4-17-9(11(13)8(2)15-17)7-10(18)12-14-5-6-16(12)3/h5-6H,4,7H2,1-3H3. The molecule has 0 aliphatic rings. The van der Waals surface area contributed by atoms with Gasteiger partial charge in [-0.05, 0) is 13.8 Å². The highest BCUT2D eigenvalue weighted by Gasteiger charge is 2.19. The van der Waals surface area contributed by atoms with Crippen molar-refractivity contribution >= 4 is 17.4 Å². The number of carbonyl (C=O) groups is 1. The average Bonchev–Trinajstić information content (AvgIpc) is 2.87. The summed E-state index contributed by atoms with van der Waals surface area (Å²) in [7, 11) is 1.80. The number of nitrogens with zero attached hydrogens (tertiary/aromatic N) is 4. The van der Waals surface area contributed by atoms with Crippen LogP contribution in [0.15, 0.2) is 12.4 Å². The molecule has 0 saturated carbocycles. The van der Waals surface area contributed by atoms with Crippen molar-refractivity contribution in [3.63, 3.8) is 0 Å². The molecule has 0 atom stereocenters. The van der Waals surface area contributed by atoms with Gasteiger partial charge in [-0.1, -0.05) is 11.6 Å². The molecule has 0 bridgehead atoms. The van der Waals surface area contributed by atoms with Gasteiger partial charge in [-0.15, -0.1) is 0 Å². The van der Waals surface area contributed by atoms with Gasteiger partial charge >= 0.3 is 0 Å². The van der Waals surface area contributed by atoms with Crippen LogP contribution >= 0.6 is 11.6 Å². The van der Waals surface area contributed by atoms with E-state index in [0.29, 0.717) is 17.4 Å². The smallest absolute Gasteiger partial charge is 0.204 e. The first-order chi connectivity index (χ1) is 8.54. The topological polar surface area (TPSA) is 52.7 Å². The molecule has 18 heavy (non-hydrogen) atoms. The van der Waals surface area contributed by atoms with E-state index in [4.69, 9.17) is 11.6 Å². The molecule has 2 rings (SSSR count). The fraction of sp³-hybridized carbons (Fsp3) is 0.417. The Morgan fingerprint density at radius 2 is 2.22 bits per heavy atom. The highest BCUT2D eigenvalue weighted by Crippen LogP contribution is 2.21. The monoisotopic (exact) mass is 266 g/mol. The second-order valence-corrected chi connectivity index (χ2v) is 4.50. The number of hydrogen-bond acceptors (Lipinski definition) is 3. The van der Waals surface area contributed by atoms with Gasteiger partial charge in [0.1, 0.15) is 0 Å². The van der Waals surface area contributed by atoms with Crippen LogP contribution in [0.2, 0.25) is 5.02 Å². The van der Waals surface area contributed by atoms with E-state index in [9.17, 15) is 4.79 Å². The summed E-state index contributed by atoms with van der Waals surface area (Å²) >= 11 is 6.18. The number of Topliss-reactive ketones (excluding diaryl/α,β-unsaturated/α-hetero) is 1. The van der Waals surface area contributed by atoms with Gasteiger partial charge in [-0.3, -0.25) is 9.48 Å². The van der Waals surface area contributed by atoms with Crippen LogP contribution in [0.3, 0.4) is 0 Å². The molecule has 96 valence electrons. The molecule has 2 aromatic heterocycles. The van der Waals surface area contributed by atoms with E-state index in [-0.39, 0.29) is 12.2 Å². The first-order valence-electron chi connectivity index (χ1n) is 5.76. The van der Waals surface area contributed by atoms with Crippen LogP contribution in [0.4, 0.5) is 0 Å². The zero-order valence-corrected chi connectivity index (χ0v) is 11.4. The molecule has 0 amide bonds. The fourth-order valence-electron chi connectivity index (χ4n) is 1.90. The quantitative estimate of drug-likeness (QED) is 0.796. The summed E-state index contributed by atoms with van der Waals surface area (Å²) < 4.78 is 3.47. The number of hydrogen-bond donors (Lipinski definition) is 0. The lowest BCUT2D eigenvalue weighted by atomic mass is 10.2. The van der Waals surface area contributed by atoms with E-state index in [1.807, 2.05) is 13.8 Å². The van der Waals surface area contributed by atoms with Gasteiger partial charge in [0.2, 0.25) is 5.78 Å². The molecular formula is C12H15ClN4O. The lowest BCUT2D eigenvalue weighted by molar-refractivity contribution is 0.0977. The maximum atomic E-state index is 12.1. The van der Waals surface area contributed by atoms with Gasteiger partial charge in [0.15, 0.2) is 5.82 Å². The Labute approximate surface area is 110 Å². The predicted molar refractivity (Wildman–Crippen MR) is 68.9 cm³/mol. The maximum absolute atomic E-state index is 12.1. The predicted octanol–water partition coefficient (Wildman–Crippen LogP) is 2.02. The van der Waals surface area contributed by atoms with Crippen LogP contribution < -0.4 is 0 Å². The van der Waals surface area contributed by atoms with Crippen molar-refractivity contribution in [3.8, 4) is 0 Å². The lowest BCUT2D eigenvalue weighted by Gasteiger charge is -2.05. The van der Waals surface area contributed by atoms with Gasteiger partial charge in [-0.2, -0.15) is 5.10 Å². The van der Waals surface area contributed by atoms with Crippen LogP contribution in [-0.4, -0.2) is 25.1 Å². The zero-order valence-electron chi connectivity index (χ0n) is 10.6. The number of aromatic nitrogens is 4. The molecule has 0 saturated heterocycles. The maximum Gasteiger partial charge on any atom is 0.204 e. The minimum absolute atomic E-state index is 0.0565. The van der Waals surface area contributed by atoms with Gasteiger partial charge < -0.3 is 4.57 Å². The van der Waals surface area contributed by atoms with E-state index >= 15 is 0 Å². The molecule has 0 fully saturated rings. The molecule has 0 spiro atoms. The van der Waals surface area contributed by atoms with E-state index in [1.165, 1.54) is 0 Å². The minimum Gasteiger partial charge on any atom is -0.332 e. The third kappa shape index (κ3) is 2.18. The molecule has 2 aromatic rings. The normalized spacial score (nSPS) is 10.9. The van der Waals surface area contributed by atoms with E-state index in [2.05, 4.69) is 10.1 Å². The minimum atomic E-state index is -0.0565. The van der Waals surface area contributed by atoms with Crippen molar-refractivity contribution in [2.24, 2.45) is 7.05 Å².